The molecule has 0 aromatic heterocycles. The molecule has 0 bridgehead atoms. The van der Waals surface area contributed by atoms with E-state index in [9.17, 15) is 4.79 Å². The molecule has 0 radical (unpaired) electrons. The first kappa shape index (κ1) is 11.1. The molecule has 0 aliphatic carbocycles. The van der Waals surface area contributed by atoms with Crippen LogP contribution < -0.4 is 0 Å². The summed E-state index contributed by atoms with van der Waals surface area (Å²) in [6, 6.07) is 7.56. The predicted octanol–water partition coefficient (Wildman–Crippen LogP) is 3.26. The van der Waals surface area contributed by atoms with E-state index >= 15 is 0 Å². The molecule has 0 spiro atoms. The second-order valence-electron chi connectivity index (χ2n) is 3.08. The smallest absolute Gasteiger partial charge is 0.150 e. The molecule has 1 aromatic rings. The second-order valence-corrected chi connectivity index (χ2v) is 4.30. The third-order valence-electron chi connectivity index (χ3n) is 2.00. The van der Waals surface area contributed by atoms with Crippen LogP contribution in [0.15, 0.2) is 30.3 Å². The van der Waals surface area contributed by atoms with Crippen molar-refractivity contribution in [2.45, 2.75) is 12.2 Å². The van der Waals surface area contributed by atoms with E-state index in [1.807, 2.05) is 36.0 Å². The zero-order chi connectivity index (χ0) is 10.4. The maximum atomic E-state index is 10.4. The fraction of sp³-hybridized carbons (Fsp3) is 0.250. The summed E-state index contributed by atoms with van der Waals surface area (Å²) in [7, 11) is 0. The van der Waals surface area contributed by atoms with Crippen LogP contribution >= 0.6 is 11.8 Å². The average molecular weight is 206 g/mol. The second kappa shape index (κ2) is 5.66. The molecule has 2 heteroatoms. The van der Waals surface area contributed by atoms with E-state index in [0.29, 0.717) is 5.25 Å². The van der Waals surface area contributed by atoms with Crippen LogP contribution in [-0.4, -0.2) is 17.8 Å². The van der Waals surface area contributed by atoms with Gasteiger partial charge in [0.15, 0.2) is 0 Å². The van der Waals surface area contributed by atoms with Gasteiger partial charge in [-0.3, -0.25) is 4.79 Å². The standard InChI is InChI=1S/C12H14OS/c1-10(14-2)3-4-11-5-7-12(9-13)8-6-11/h3-10H,1-2H3/b4-3+. The largest absolute Gasteiger partial charge is 0.298 e. The van der Waals surface area contributed by atoms with Crippen molar-refractivity contribution in [3.63, 3.8) is 0 Å². The van der Waals surface area contributed by atoms with Crippen molar-refractivity contribution < 1.29 is 4.79 Å². The van der Waals surface area contributed by atoms with Gasteiger partial charge in [0.1, 0.15) is 6.29 Å². The minimum Gasteiger partial charge on any atom is -0.298 e. The third kappa shape index (κ3) is 3.38. The van der Waals surface area contributed by atoms with Crippen molar-refractivity contribution >= 4 is 24.1 Å². The lowest BCUT2D eigenvalue weighted by atomic mass is 10.1. The number of benzene rings is 1. The SMILES string of the molecule is CSC(C)/C=C/c1ccc(C=O)cc1. The number of rotatable bonds is 4. The molecule has 14 heavy (non-hydrogen) atoms. The van der Waals surface area contributed by atoms with Gasteiger partial charge in [-0.2, -0.15) is 11.8 Å². The lowest BCUT2D eigenvalue weighted by molar-refractivity contribution is 0.112. The highest BCUT2D eigenvalue weighted by Crippen LogP contribution is 2.10. The molecular formula is C12H14OS. The van der Waals surface area contributed by atoms with Crippen molar-refractivity contribution in [2.24, 2.45) is 0 Å². The Balaban J connectivity index is 2.68. The quantitative estimate of drug-likeness (QED) is 0.703. The molecule has 1 aromatic carbocycles. The minimum absolute atomic E-state index is 0.528. The molecule has 0 saturated carbocycles. The van der Waals surface area contributed by atoms with E-state index in [1.54, 1.807) is 0 Å². The summed E-state index contributed by atoms with van der Waals surface area (Å²) in [5.41, 5.74) is 1.86. The summed E-state index contributed by atoms with van der Waals surface area (Å²) in [4.78, 5) is 10.4. The Hall–Kier alpha value is -1.02. The van der Waals surface area contributed by atoms with Crippen molar-refractivity contribution in [3.05, 3.63) is 41.5 Å². The number of aldehydes is 1. The first-order chi connectivity index (χ1) is 6.76. The molecule has 1 rings (SSSR count). The molecule has 0 aliphatic rings. The Kier molecular flexibility index (Phi) is 4.47. The van der Waals surface area contributed by atoms with Crippen LogP contribution in [0.3, 0.4) is 0 Å². The van der Waals surface area contributed by atoms with Crippen LogP contribution in [-0.2, 0) is 0 Å². The van der Waals surface area contributed by atoms with Crippen LogP contribution in [0.4, 0.5) is 0 Å². The van der Waals surface area contributed by atoms with Crippen LogP contribution in [0, 0.1) is 0 Å². The van der Waals surface area contributed by atoms with Crippen molar-refractivity contribution in [3.8, 4) is 0 Å². The molecule has 1 nitrogen and oxygen atoms in total. The van der Waals surface area contributed by atoms with Crippen LogP contribution in [0.2, 0.25) is 0 Å². The molecule has 74 valence electrons. The monoisotopic (exact) mass is 206 g/mol. The van der Waals surface area contributed by atoms with Gasteiger partial charge in [-0.15, -0.1) is 0 Å². The van der Waals surface area contributed by atoms with Crippen LogP contribution in [0.25, 0.3) is 6.08 Å². The maximum Gasteiger partial charge on any atom is 0.150 e. The summed E-state index contributed by atoms with van der Waals surface area (Å²) in [6.07, 6.45) is 7.18. The minimum atomic E-state index is 0.528. The summed E-state index contributed by atoms with van der Waals surface area (Å²) >= 11 is 1.81. The molecule has 1 atom stereocenters. The maximum absolute atomic E-state index is 10.4. The average Bonchev–Trinajstić information content (AvgIpc) is 2.26. The third-order valence-corrected chi connectivity index (χ3v) is 2.90. The first-order valence-electron chi connectivity index (χ1n) is 4.52. The lowest BCUT2D eigenvalue weighted by Crippen LogP contribution is -1.86. The number of carbonyl (C=O) groups is 1. The van der Waals surface area contributed by atoms with E-state index in [-0.39, 0.29) is 0 Å². The van der Waals surface area contributed by atoms with Gasteiger partial charge in [0.05, 0.1) is 0 Å². The zero-order valence-corrected chi connectivity index (χ0v) is 9.25. The molecule has 0 N–H and O–H groups in total. The molecule has 0 aliphatic heterocycles. The van der Waals surface area contributed by atoms with E-state index in [4.69, 9.17) is 0 Å². The molecular weight excluding hydrogens is 192 g/mol. The first-order valence-corrected chi connectivity index (χ1v) is 5.81. The number of hydrogen-bond acceptors (Lipinski definition) is 2. The molecule has 0 saturated heterocycles. The van der Waals surface area contributed by atoms with Crippen LogP contribution in [0.1, 0.15) is 22.8 Å². The Bertz CT molecular complexity index is 314. The number of carbonyl (C=O) groups excluding carboxylic acids is 1. The zero-order valence-electron chi connectivity index (χ0n) is 8.44. The summed E-state index contributed by atoms with van der Waals surface area (Å²) in [6.45, 7) is 2.15. The number of thioether (sulfide) groups is 1. The summed E-state index contributed by atoms with van der Waals surface area (Å²) in [5.74, 6) is 0. The highest BCUT2D eigenvalue weighted by molar-refractivity contribution is 7.99. The highest BCUT2D eigenvalue weighted by Gasteiger charge is 1.92. The van der Waals surface area contributed by atoms with Gasteiger partial charge in [-0.25, -0.2) is 0 Å². The summed E-state index contributed by atoms with van der Waals surface area (Å²) in [5, 5.41) is 0.528. The fourth-order valence-corrected chi connectivity index (χ4v) is 1.25. The van der Waals surface area contributed by atoms with Gasteiger partial charge >= 0.3 is 0 Å². The van der Waals surface area contributed by atoms with Gasteiger partial charge in [0.25, 0.3) is 0 Å². The van der Waals surface area contributed by atoms with Gasteiger partial charge in [0.2, 0.25) is 0 Å². The molecule has 1 unspecified atom stereocenters. The van der Waals surface area contributed by atoms with Crippen molar-refractivity contribution in [1.82, 2.24) is 0 Å². The van der Waals surface area contributed by atoms with Crippen LogP contribution in [0.5, 0.6) is 0 Å². The fourth-order valence-electron chi connectivity index (χ4n) is 1.01. The van der Waals surface area contributed by atoms with Gasteiger partial charge < -0.3 is 0 Å². The normalized spacial score (nSPS) is 13.0. The van der Waals surface area contributed by atoms with E-state index < -0.39 is 0 Å². The van der Waals surface area contributed by atoms with Crippen molar-refractivity contribution in [1.29, 1.82) is 0 Å². The van der Waals surface area contributed by atoms with E-state index in [1.165, 1.54) is 0 Å². The van der Waals surface area contributed by atoms with E-state index in [0.717, 1.165) is 17.4 Å². The Morgan fingerprint density at radius 2 is 1.79 bits per heavy atom. The predicted molar refractivity (Wildman–Crippen MR) is 63.8 cm³/mol. The van der Waals surface area contributed by atoms with Gasteiger partial charge in [-0.05, 0) is 18.7 Å². The van der Waals surface area contributed by atoms with Gasteiger partial charge in [-0.1, -0.05) is 36.4 Å². The molecule has 0 amide bonds. The lowest BCUT2D eigenvalue weighted by Gasteiger charge is -1.99. The Morgan fingerprint density at radius 1 is 1.21 bits per heavy atom. The number of hydrogen-bond donors (Lipinski definition) is 0. The highest BCUT2D eigenvalue weighted by atomic mass is 32.2. The van der Waals surface area contributed by atoms with Gasteiger partial charge in [0, 0.05) is 10.8 Å². The molecule has 0 fully saturated rings. The Morgan fingerprint density at radius 3 is 2.29 bits per heavy atom. The topological polar surface area (TPSA) is 17.1 Å². The van der Waals surface area contributed by atoms with E-state index in [2.05, 4.69) is 25.3 Å². The molecule has 0 heterocycles. The summed E-state index contributed by atoms with van der Waals surface area (Å²) < 4.78 is 0. The van der Waals surface area contributed by atoms with Crippen molar-refractivity contribution in [2.75, 3.05) is 6.26 Å². The Labute approximate surface area is 89.2 Å².